The minimum Gasteiger partial charge on any atom is -0.330 e. The zero-order valence-electron chi connectivity index (χ0n) is 8.85. The predicted octanol–water partition coefficient (Wildman–Crippen LogP) is -0.874. The lowest BCUT2D eigenvalue weighted by Crippen LogP contribution is -2.17. The van der Waals surface area contributed by atoms with E-state index in [-0.39, 0.29) is 0 Å². The predicted molar refractivity (Wildman–Crippen MR) is 53.7 cm³/mol. The van der Waals surface area contributed by atoms with Gasteiger partial charge in [-0.1, -0.05) is 0 Å². The van der Waals surface area contributed by atoms with Crippen LogP contribution < -0.4 is 5.73 Å². The van der Waals surface area contributed by atoms with Crippen LogP contribution >= 0.6 is 0 Å². The second kappa shape index (κ2) is 5.66. The van der Waals surface area contributed by atoms with Crippen molar-refractivity contribution >= 4 is 0 Å². The Bertz CT molecular complexity index is 256. The van der Waals surface area contributed by atoms with Gasteiger partial charge in [0.15, 0.2) is 5.82 Å². The molecule has 6 nitrogen and oxygen atoms in total. The number of aromatic nitrogens is 4. The number of hydrogen-bond donors (Lipinski definition) is 1. The van der Waals surface area contributed by atoms with Crippen molar-refractivity contribution in [2.45, 2.75) is 19.4 Å². The first-order chi connectivity index (χ1) is 6.74. The normalized spacial score (nSPS) is 11.1. The maximum atomic E-state index is 5.45. The summed E-state index contributed by atoms with van der Waals surface area (Å²) in [4.78, 5) is 2.15. The molecule has 14 heavy (non-hydrogen) atoms. The summed E-state index contributed by atoms with van der Waals surface area (Å²) in [5.74, 6) is 0.881. The Morgan fingerprint density at radius 3 is 2.86 bits per heavy atom. The van der Waals surface area contributed by atoms with Crippen LogP contribution in [-0.2, 0) is 13.0 Å². The smallest absolute Gasteiger partial charge is 0.152 e. The first-order valence-corrected chi connectivity index (χ1v) is 4.84. The van der Waals surface area contributed by atoms with Crippen LogP contribution in [0.1, 0.15) is 12.2 Å². The molecule has 0 atom stereocenters. The van der Waals surface area contributed by atoms with Crippen LogP contribution in [0.5, 0.6) is 0 Å². The van der Waals surface area contributed by atoms with Gasteiger partial charge in [-0.15, -0.1) is 5.10 Å². The Morgan fingerprint density at radius 1 is 1.43 bits per heavy atom. The Balaban J connectivity index is 2.37. The Morgan fingerprint density at radius 2 is 2.21 bits per heavy atom. The summed E-state index contributed by atoms with van der Waals surface area (Å²) in [5, 5.41) is 11.5. The zero-order chi connectivity index (χ0) is 10.4. The summed E-state index contributed by atoms with van der Waals surface area (Å²) in [7, 11) is 4.11. The first-order valence-electron chi connectivity index (χ1n) is 4.84. The standard InChI is InChI=1S/C8H18N6/c1-13(2)6-3-7-14-8(4-5-9)10-11-12-14/h3-7,9H2,1-2H3. The molecule has 0 radical (unpaired) electrons. The molecule has 0 amide bonds. The van der Waals surface area contributed by atoms with E-state index in [1.807, 2.05) is 4.68 Å². The molecular formula is C8H18N6. The second-order valence-electron chi connectivity index (χ2n) is 3.51. The first kappa shape index (κ1) is 11.1. The van der Waals surface area contributed by atoms with Crippen molar-refractivity contribution in [2.24, 2.45) is 5.73 Å². The molecule has 0 bridgehead atoms. The van der Waals surface area contributed by atoms with E-state index in [0.29, 0.717) is 6.54 Å². The van der Waals surface area contributed by atoms with Crippen molar-refractivity contribution in [1.82, 2.24) is 25.1 Å². The van der Waals surface area contributed by atoms with Gasteiger partial charge in [0, 0.05) is 13.0 Å². The number of rotatable bonds is 6. The van der Waals surface area contributed by atoms with E-state index in [1.165, 1.54) is 0 Å². The van der Waals surface area contributed by atoms with Crippen molar-refractivity contribution in [1.29, 1.82) is 0 Å². The van der Waals surface area contributed by atoms with Crippen LogP contribution in [0.2, 0.25) is 0 Å². The molecule has 1 rings (SSSR count). The maximum absolute atomic E-state index is 5.45. The summed E-state index contributed by atoms with van der Waals surface area (Å²) in [6, 6.07) is 0. The van der Waals surface area contributed by atoms with Crippen LogP contribution in [0.15, 0.2) is 0 Å². The minimum absolute atomic E-state index is 0.591. The van der Waals surface area contributed by atoms with Crippen LogP contribution in [0, 0.1) is 0 Å². The van der Waals surface area contributed by atoms with Crippen LogP contribution in [0.25, 0.3) is 0 Å². The van der Waals surface area contributed by atoms with E-state index in [9.17, 15) is 0 Å². The molecule has 1 aromatic heterocycles. The van der Waals surface area contributed by atoms with Crippen molar-refractivity contribution in [3.8, 4) is 0 Å². The SMILES string of the molecule is CN(C)CCCn1nnnc1CCN. The van der Waals surface area contributed by atoms with Gasteiger partial charge >= 0.3 is 0 Å². The summed E-state index contributed by atoms with van der Waals surface area (Å²) in [6.45, 7) is 2.50. The second-order valence-corrected chi connectivity index (χ2v) is 3.51. The third-order valence-corrected chi connectivity index (χ3v) is 1.95. The van der Waals surface area contributed by atoms with Crippen molar-refractivity contribution in [3.63, 3.8) is 0 Å². The molecule has 1 aromatic rings. The fraction of sp³-hybridized carbons (Fsp3) is 0.875. The van der Waals surface area contributed by atoms with Crippen LogP contribution in [0.3, 0.4) is 0 Å². The van der Waals surface area contributed by atoms with Gasteiger partial charge in [-0.2, -0.15) is 0 Å². The molecule has 0 unspecified atom stereocenters. The highest BCUT2D eigenvalue weighted by Crippen LogP contribution is 1.95. The molecule has 0 saturated heterocycles. The van der Waals surface area contributed by atoms with Crippen molar-refractivity contribution in [3.05, 3.63) is 5.82 Å². The molecule has 0 aliphatic carbocycles. The minimum atomic E-state index is 0.591. The van der Waals surface area contributed by atoms with E-state index >= 15 is 0 Å². The molecule has 0 fully saturated rings. The van der Waals surface area contributed by atoms with Gasteiger partial charge in [-0.25, -0.2) is 4.68 Å². The highest BCUT2D eigenvalue weighted by atomic mass is 15.5. The topological polar surface area (TPSA) is 72.9 Å². The lowest BCUT2D eigenvalue weighted by atomic mass is 10.3. The van der Waals surface area contributed by atoms with E-state index < -0.39 is 0 Å². The molecule has 1 heterocycles. The van der Waals surface area contributed by atoms with Gasteiger partial charge < -0.3 is 10.6 Å². The number of nitrogens with two attached hydrogens (primary N) is 1. The van der Waals surface area contributed by atoms with E-state index in [0.717, 1.165) is 31.8 Å². The Hall–Kier alpha value is -1.01. The summed E-state index contributed by atoms with van der Waals surface area (Å²) >= 11 is 0. The molecule has 6 heteroatoms. The van der Waals surface area contributed by atoms with Crippen LogP contribution in [-0.4, -0.2) is 52.3 Å². The Kier molecular flexibility index (Phi) is 4.48. The average Bonchev–Trinajstić information content (AvgIpc) is 2.53. The van der Waals surface area contributed by atoms with Gasteiger partial charge in [0.05, 0.1) is 0 Å². The maximum Gasteiger partial charge on any atom is 0.152 e. The zero-order valence-corrected chi connectivity index (χ0v) is 8.85. The van der Waals surface area contributed by atoms with Gasteiger partial charge in [0.1, 0.15) is 0 Å². The number of aryl methyl sites for hydroxylation is 1. The molecule has 0 aromatic carbocycles. The lowest BCUT2D eigenvalue weighted by Gasteiger charge is -2.09. The molecule has 0 aliphatic heterocycles. The van der Waals surface area contributed by atoms with E-state index in [2.05, 4.69) is 34.5 Å². The highest BCUT2D eigenvalue weighted by Gasteiger charge is 2.03. The summed E-state index contributed by atoms with van der Waals surface area (Å²) in [5.41, 5.74) is 5.45. The van der Waals surface area contributed by atoms with E-state index in [4.69, 9.17) is 5.73 Å². The number of nitrogens with zero attached hydrogens (tertiary/aromatic N) is 5. The van der Waals surface area contributed by atoms with Gasteiger partial charge in [-0.3, -0.25) is 0 Å². The number of tetrazole rings is 1. The molecule has 0 saturated carbocycles. The molecule has 80 valence electrons. The number of hydrogen-bond acceptors (Lipinski definition) is 5. The van der Waals surface area contributed by atoms with Crippen molar-refractivity contribution in [2.75, 3.05) is 27.2 Å². The Labute approximate surface area is 84.1 Å². The fourth-order valence-electron chi connectivity index (χ4n) is 1.24. The van der Waals surface area contributed by atoms with Crippen LogP contribution in [0.4, 0.5) is 0 Å². The van der Waals surface area contributed by atoms with Gasteiger partial charge in [0.2, 0.25) is 0 Å². The monoisotopic (exact) mass is 198 g/mol. The van der Waals surface area contributed by atoms with Gasteiger partial charge in [0.25, 0.3) is 0 Å². The molecule has 0 aliphatic rings. The third kappa shape index (κ3) is 3.39. The molecular weight excluding hydrogens is 180 g/mol. The highest BCUT2D eigenvalue weighted by molar-refractivity contribution is 4.80. The molecule has 0 spiro atoms. The fourth-order valence-corrected chi connectivity index (χ4v) is 1.24. The average molecular weight is 198 g/mol. The van der Waals surface area contributed by atoms with Gasteiger partial charge in [-0.05, 0) is 44.0 Å². The quantitative estimate of drug-likeness (QED) is 0.643. The lowest BCUT2D eigenvalue weighted by molar-refractivity contribution is 0.376. The summed E-state index contributed by atoms with van der Waals surface area (Å²) < 4.78 is 1.83. The summed E-state index contributed by atoms with van der Waals surface area (Å²) in [6.07, 6.45) is 1.80. The molecule has 2 N–H and O–H groups in total. The largest absolute Gasteiger partial charge is 0.330 e. The van der Waals surface area contributed by atoms with E-state index in [1.54, 1.807) is 0 Å². The third-order valence-electron chi connectivity index (χ3n) is 1.95. The van der Waals surface area contributed by atoms with Crippen molar-refractivity contribution < 1.29 is 0 Å².